The Kier molecular flexibility index (Phi) is 3.50. The standard InChI is InChI=1S/C12H23N3O/c1-2-14-12(11(13)16)6-5-10(9-12)15-7-3-4-8-15/h10,14H,2-9H2,1H3,(H2,13,16). The molecule has 1 saturated carbocycles. The van der Waals surface area contributed by atoms with Crippen LogP contribution in [-0.4, -0.2) is 42.0 Å². The van der Waals surface area contributed by atoms with Gasteiger partial charge in [0, 0.05) is 6.04 Å². The van der Waals surface area contributed by atoms with Crippen LogP contribution >= 0.6 is 0 Å². The van der Waals surface area contributed by atoms with Crippen LogP contribution in [0, 0.1) is 0 Å². The summed E-state index contributed by atoms with van der Waals surface area (Å²) < 4.78 is 0. The van der Waals surface area contributed by atoms with E-state index < -0.39 is 5.54 Å². The minimum atomic E-state index is -0.429. The largest absolute Gasteiger partial charge is 0.368 e. The summed E-state index contributed by atoms with van der Waals surface area (Å²) in [4.78, 5) is 14.1. The van der Waals surface area contributed by atoms with Crippen molar-refractivity contribution in [3.63, 3.8) is 0 Å². The molecule has 0 aromatic carbocycles. The van der Waals surface area contributed by atoms with Crippen LogP contribution in [-0.2, 0) is 4.79 Å². The number of likely N-dealkylation sites (N-methyl/N-ethyl adjacent to an activating group) is 1. The van der Waals surface area contributed by atoms with Crippen molar-refractivity contribution in [2.45, 2.75) is 50.6 Å². The Labute approximate surface area is 97.6 Å². The molecule has 4 heteroatoms. The van der Waals surface area contributed by atoms with Crippen molar-refractivity contribution in [1.82, 2.24) is 10.2 Å². The zero-order valence-corrected chi connectivity index (χ0v) is 10.2. The van der Waals surface area contributed by atoms with E-state index in [1.807, 2.05) is 6.92 Å². The Hall–Kier alpha value is -0.610. The Morgan fingerprint density at radius 1 is 1.50 bits per heavy atom. The third-order valence-corrected chi connectivity index (χ3v) is 4.13. The van der Waals surface area contributed by atoms with Crippen LogP contribution in [0.25, 0.3) is 0 Å². The van der Waals surface area contributed by atoms with E-state index in [2.05, 4.69) is 10.2 Å². The number of primary amides is 1. The molecule has 92 valence electrons. The van der Waals surface area contributed by atoms with Gasteiger partial charge in [-0.25, -0.2) is 0 Å². The second-order valence-corrected chi connectivity index (χ2v) is 5.12. The first-order valence-electron chi connectivity index (χ1n) is 6.47. The minimum absolute atomic E-state index is 0.170. The fraction of sp³-hybridized carbons (Fsp3) is 0.917. The van der Waals surface area contributed by atoms with Crippen molar-refractivity contribution < 1.29 is 4.79 Å². The molecule has 0 bridgehead atoms. The van der Waals surface area contributed by atoms with Gasteiger partial charge >= 0.3 is 0 Å². The van der Waals surface area contributed by atoms with Gasteiger partial charge in [-0.1, -0.05) is 6.92 Å². The average Bonchev–Trinajstić information content (AvgIpc) is 2.84. The van der Waals surface area contributed by atoms with E-state index in [4.69, 9.17) is 5.73 Å². The van der Waals surface area contributed by atoms with E-state index >= 15 is 0 Å². The first kappa shape index (κ1) is 11.9. The number of amides is 1. The van der Waals surface area contributed by atoms with Crippen molar-refractivity contribution in [3.05, 3.63) is 0 Å². The average molecular weight is 225 g/mol. The summed E-state index contributed by atoms with van der Waals surface area (Å²) in [6.45, 7) is 5.25. The highest BCUT2D eigenvalue weighted by molar-refractivity contribution is 5.85. The normalized spacial score (nSPS) is 35.7. The van der Waals surface area contributed by atoms with Crippen LogP contribution < -0.4 is 11.1 Å². The molecule has 2 atom stereocenters. The Morgan fingerprint density at radius 3 is 2.75 bits per heavy atom. The van der Waals surface area contributed by atoms with Crippen molar-refractivity contribution in [2.75, 3.05) is 19.6 Å². The first-order chi connectivity index (χ1) is 7.68. The fourth-order valence-corrected chi connectivity index (χ4v) is 3.25. The van der Waals surface area contributed by atoms with Gasteiger partial charge in [0.1, 0.15) is 0 Å². The van der Waals surface area contributed by atoms with Crippen LogP contribution in [0.3, 0.4) is 0 Å². The van der Waals surface area contributed by atoms with Gasteiger partial charge in [0.15, 0.2) is 0 Å². The molecule has 1 heterocycles. The molecule has 0 radical (unpaired) electrons. The van der Waals surface area contributed by atoms with Gasteiger partial charge < -0.3 is 16.0 Å². The summed E-state index contributed by atoms with van der Waals surface area (Å²) in [5.41, 5.74) is 5.13. The number of nitrogens with zero attached hydrogens (tertiary/aromatic N) is 1. The highest BCUT2D eigenvalue weighted by Crippen LogP contribution is 2.34. The number of hydrogen-bond donors (Lipinski definition) is 2. The Bertz CT molecular complexity index is 263. The summed E-state index contributed by atoms with van der Waals surface area (Å²) in [5.74, 6) is -0.170. The van der Waals surface area contributed by atoms with Crippen LogP contribution in [0.15, 0.2) is 0 Å². The third kappa shape index (κ3) is 2.09. The highest BCUT2D eigenvalue weighted by atomic mass is 16.1. The maximum absolute atomic E-state index is 11.6. The van der Waals surface area contributed by atoms with Crippen molar-refractivity contribution in [2.24, 2.45) is 5.73 Å². The quantitative estimate of drug-likeness (QED) is 0.731. The van der Waals surface area contributed by atoms with E-state index in [-0.39, 0.29) is 5.91 Å². The van der Waals surface area contributed by atoms with Gasteiger partial charge in [0.2, 0.25) is 5.91 Å². The lowest BCUT2D eigenvalue weighted by Crippen LogP contribution is -2.54. The molecule has 0 aromatic rings. The number of carbonyl (C=O) groups excluding carboxylic acids is 1. The van der Waals surface area contributed by atoms with Gasteiger partial charge in [-0.2, -0.15) is 0 Å². The SMILES string of the molecule is CCNC1(C(N)=O)CCC(N2CCCC2)C1. The number of nitrogens with two attached hydrogens (primary N) is 1. The second kappa shape index (κ2) is 4.72. The first-order valence-corrected chi connectivity index (χ1v) is 6.47. The Balaban J connectivity index is 2.00. The van der Waals surface area contributed by atoms with Gasteiger partial charge in [-0.05, 0) is 51.7 Å². The van der Waals surface area contributed by atoms with E-state index in [1.54, 1.807) is 0 Å². The van der Waals surface area contributed by atoms with Crippen molar-refractivity contribution >= 4 is 5.91 Å². The maximum atomic E-state index is 11.6. The molecule has 2 unspecified atom stereocenters. The molecule has 2 aliphatic rings. The fourth-order valence-electron chi connectivity index (χ4n) is 3.25. The lowest BCUT2D eigenvalue weighted by molar-refractivity contribution is -0.124. The summed E-state index contributed by atoms with van der Waals surface area (Å²) in [6.07, 6.45) is 5.52. The number of nitrogens with one attached hydrogen (secondary N) is 1. The summed E-state index contributed by atoms with van der Waals surface area (Å²) >= 11 is 0. The molecule has 2 fully saturated rings. The minimum Gasteiger partial charge on any atom is -0.368 e. The van der Waals surface area contributed by atoms with Gasteiger partial charge in [0.25, 0.3) is 0 Å². The zero-order chi connectivity index (χ0) is 11.6. The number of hydrogen-bond acceptors (Lipinski definition) is 3. The molecule has 16 heavy (non-hydrogen) atoms. The molecule has 0 spiro atoms. The molecule has 1 aliphatic carbocycles. The number of carbonyl (C=O) groups is 1. The molecule has 4 nitrogen and oxygen atoms in total. The van der Waals surface area contributed by atoms with Gasteiger partial charge in [-0.15, -0.1) is 0 Å². The maximum Gasteiger partial charge on any atom is 0.237 e. The lowest BCUT2D eigenvalue weighted by atomic mass is 9.96. The predicted octanol–water partition coefficient (Wildman–Crippen LogP) is 0.468. The van der Waals surface area contributed by atoms with Crippen molar-refractivity contribution in [3.8, 4) is 0 Å². The summed E-state index contributed by atoms with van der Waals surface area (Å²) in [5, 5.41) is 3.31. The van der Waals surface area contributed by atoms with E-state index in [0.29, 0.717) is 6.04 Å². The van der Waals surface area contributed by atoms with Gasteiger partial charge in [-0.3, -0.25) is 4.79 Å². The van der Waals surface area contributed by atoms with E-state index in [9.17, 15) is 4.79 Å². The van der Waals surface area contributed by atoms with E-state index in [1.165, 1.54) is 25.9 Å². The summed E-state index contributed by atoms with van der Waals surface area (Å²) in [6, 6.07) is 0.564. The number of rotatable bonds is 4. The second-order valence-electron chi connectivity index (χ2n) is 5.12. The highest BCUT2D eigenvalue weighted by Gasteiger charge is 2.45. The number of likely N-dealkylation sites (tertiary alicyclic amines) is 1. The topological polar surface area (TPSA) is 58.4 Å². The summed E-state index contributed by atoms with van der Waals surface area (Å²) in [7, 11) is 0. The van der Waals surface area contributed by atoms with Crippen LogP contribution in [0.1, 0.15) is 39.0 Å². The molecular weight excluding hydrogens is 202 g/mol. The van der Waals surface area contributed by atoms with Crippen molar-refractivity contribution in [1.29, 1.82) is 0 Å². The lowest BCUT2D eigenvalue weighted by Gasteiger charge is -2.29. The molecule has 2 rings (SSSR count). The van der Waals surface area contributed by atoms with Crippen LogP contribution in [0.4, 0.5) is 0 Å². The smallest absolute Gasteiger partial charge is 0.237 e. The molecule has 1 amide bonds. The molecule has 0 aromatic heterocycles. The van der Waals surface area contributed by atoms with Crippen LogP contribution in [0.5, 0.6) is 0 Å². The third-order valence-electron chi connectivity index (χ3n) is 4.13. The Morgan fingerprint density at radius 2 is 2.19 bits per heavy atom. The van der Waals surface area contributed by atoms with Gasteiger partial charge in [0.05, 0.1) is 5.54 Å². The molecule has 3 N–H and O–H groups in total. The molecule has 1 saturated heterocycles. The molecule has 1 aliphatic heterocycles. The van der Waals surface area contributed by atoms with Crippen LogP contribution in [0.2, 0.25) is 0 Å². The monoisotopic (exact) mass is 225 g/mol. The molecular formula is C12H23N3O. The predicted molar refractivity (Wildman–Crippen MR) is 64.0 cm³/mol. The zero-order valence-electron chi connectivity index (χ0n) is 10.2. The van der Waals surface area contributed by atoms with E-state index in [0.717, 1.165) is 25.8 Å².